The van der Waals surface area contributed by atoms with Crippen LogP contribution in [0.4, 0.5) is 0 Å². The van der Waals surface area contributed by atoms with Crippen LogP contribution in [0.3, 0.4) is 0 Å². The SMILES string of the molecule is COc1ccc(-n2c(C(=O)N(C)C)c(O)c(O)c2C(=O)N(C)C)cc1. The van der Waals surface area contributed by atoms with Crippen LogP contribution >= 0.6 is 0 Å². The molecule has 0 saturated heterocycles. The Bertz CT molecular complexity index is 763. The van der Waals surface area contributed by atoms with Gasteiger partial charge in [-0.15, -0.1) is 0 Å². The van der Waals surface area contributed by atoms with E-state index in [2.05, 4.69) is 0 Å². The van der Waals surface area contributed by atoms with E-state index in [1.54, 1.807) is 24.3 Å². The zero-order chi connectivity index (χ0) is 18.9. The van der Waals surface area contributed by atoms with Gasteiger partial charge in [-0.1, -0.05) is 0 Å². The maximum atomic E-state index is 12.5. The first kappa shape index (κ1) is 18.2. The van der Waals surface area contributed by atoms with Crippen LogP contribution in [0.2, 0.25) is 0 Å². The van der Waals surface area contributed by atoms with Gasteiger partial charge in [-0.25, -0.2) is 0 Å². The van der Waals surface area contributed by atoms with Crippen molar-refractivity contribution in [3.8, 4) is 22.9 Å². The Morgan fingerprint density at radius 1 is 0.880 bits per heavy atom. The van der Waals surface area contributed by atoms with Gasteiger partial charge in [0.1, 0.15) is 5.75 Å². The number of aromatic nitrogens is 1. The number of aromatic hydroxyl groups is 2. The summed E-state index contributed by atoms with van der Waals surface area (Å²) in [4.78, 5) is 27.5. The number of amides is 2. The highest BCUT2D eigenvalue weighted by molar-refractivity contribution is 6.04. The van der Waals surface area contributed by atoms with Crippen LogP contribution in [0.1, 0.15) is 21.0 Å². The average Bonchev–Trinajstić information content (AvgIpc) is 2.85. The Balaban J connectivity index is 2.82. The maximum Gasteiger partial charge on any atom is 0.274 e. The van der Waals surface area contributed by atoms with Crippen molar-refractivity contribution in [2.24, 2.45) is 0 Å². The molecule has 0 bridgehead atoms. The van der Waals surface area contributed by atoms with Gasteiger partial charge in [0.05, 0.1) is 7.11 Å². The zero-order valence-electron chi connectivity index (χ0n) is 14.8. The lowest BCUT2D eigenvalue weighted by molar-refractivity contribution is 0.0811. The molecular weight excluding hydrogens is 326 g/mol. The van der Waals surface area contributed by atoms with Gasteiger partial charge in [0.25, 0.3) is 11.8 Å². The highest BCUT2D eigenvalue weighted by atomic mass is 16.5. The number of hydrogen-bond acceptors (Lipinski definition) is 5. The van der Waals surface area contributed by atoms with Crippen molar-refractivity contribution in [2.45, 2.75) is 0 Å². The molecule has 1 aromatic heterocycles. The smallest absolute Gasteiger partial charge is 0.274 e. The standard InChI is InChI=1S/C17H21N3O5/c1-18(2)16(23)12-14(21)15(22)13(17(24)19(3)4)20(12)10-6-8-11(25-5)9-7-10/h6-9,21-22H,1-5H3. The molecule has 0 aliphatic carbocycles. The minimum Gasteiger partial charge on any atom is -0.503 e. The minimum atomic E-state index is -0.639. The van der Waals surface area contributed by atoms with Crippen molar-refractivity contribution in [2.75, 3.05) is 35.3 Å². The summed E-state index contributed by atoms with van der Waals surface area (Å²) >= 11 is 0. The molecule has 1 heterocycles. The highest BCUT2D eigenvalue weighted by Crippen LogP contribution is 2.39. The molecule has 0 saturated carbocycles. The van der Waals surface area contributed by atoms with E-state index in [9.17, 15) is 19.8 Å². The Morgan fingerprint density at radius 3 is 1.60 bits per heavy atom. The van der Waals surface area contributed by atoms with E-state index in [0.29, 0.717) is 11.4 Å². The van der Waals surface area contributed by atoms with Crippen molar-refractivity contribution in [1.82, 2.24) is 14.4 Å². The topological polar surface area (TPSA) is 95.2 Å². The lowest BCUT2D eigenvalue weighted by atomic mass is 10.2. The van der Waals surface area contributed by atoms with Gasteiger partial charge in [-0.2, -0.15) is 0 Å². The third-order valence-corrected chi connectivity index (χ3v) is 3.67. The fourth-order valence-electron chi connectivity index (χ4n) is 2.35. The number of benzene rings is 1. The van der Waals surface area contributed by atoms with Crippen LogP contribution in [0.5, 0.6) is 17.2 Å². The molecule has 0 spiro atoms. The number of ether oxygens (including phenoxy) is 1. The number of methoxy groups -OCH3 is 1. The molecule has 2 N–H and O–H groups in total. The molecule has 8 heteroatoms. The van der Waals surface area contributed by atoms with Gasteiger partial charge in [-0.05, 0) is 24.3 Å². The van der Waals surface area contributed by atoms with E-state index in [1.807, 2.05) is 0 Å². The number of rotatable bonds is 4. The van der Waals surface area contributed by atoms with Gasteiger partial charge in [-0.3, -0.25) is 14.2 Å². The van der Waals surface area contributed by atoms with Crippen molar-refractivity contribution >= 4 is 11.8 Å². The van der Waals surface area contributed by atoms with E-state index < -0.39 is 23.3 Å². The van der Waals surface area contributed by atoms with Gasteiger partial charge in [0.15, 0.2) is 22.9 Å². The predicted molar refractivity (Wildman–Crippen MR) is 91.7 cm³/mol. The number of carbonyl (C=O) groups is 2. The van der Waals surface area contributed by atoms with Gasteiger partial charge >= 0.3 is 0 Å². The third kappa shape index (κ3) is 3.10. The Labute approximate surface area is 145 Å². The van der Waals surface area contributed by atoms with Crippen molar-refractivity contribution in [1.29, 1.82) is 0 Å². The Morgan fingerprint density at radius 2 is 1.28 bits per heavy atom. The van der Waals surface area contributed by atoms with Crippen molar-refractivity contribution in [3.05, 3.63) is 35.7 Å². The lowest BCUT2D eigenvalue weighted by Crippen LogP contribution is -2.28. The zero-order valence-corrected chi connectivity index (χ0v) is 14.8. The largest absolute Gasteiger partial charge is 0.503 e. The van der Waals surface area contributed by atoms with Crippen LogP contribution in [-0.2, 0) is 0 Å². The van der Waals surface area contributed by atoms with Crippen LogP contribution in [-0.4, -0.2) is 71.7 Å². The van der Waals surface area contributed by atoms with Crippen LogP contribution < -0.4 is 4.74 Å². The number of carbonyl (C=O) groups excluding carboxylic acids is 2. The molecule has 8 nitrogen and oxygen atoms in total. The Hall–Kier alpha value is -3.16. The van der Waals surface area contributed by atoms with Crippen LogP contribution in [0.15, 0.2) is 24.3 Å². The first-order valence-electron chi connectivity index (χ1n) is 7.45. The lowest BCUT2D eigenvalue weighted by Gasteiger charge is -2.17. The molecule has 0 atom stereocenters. The summed E-state index contributed by atoms with van der Waals surface area (Å²) in [7, 11) is 7.56. The molecule has 25 heavy (non-hydrogen) atoms. The van der Waals surface area contributed by atoms with Crippen molar-refractivity contribution in [3.63, 3.8) is 0 Å². The van der Waals surface area contributed by atoms with Crippen LogP contribution in [0.25, 0.3) is 5.69 Å². The molecule has 2 amide bonds. The quantitative estimate of drug-likeness (QED) is 0.869. The second kappa shape index (κ2) is 6.76. The fraction of sp³-hybridized carbons (Fsp3) is 0.294. The first-order chi connectivity index (χ1) is 11.7. The third-order valence-electron chi connectivity index (χ3n) is 3.67. The van der Waals surface area contributed by atoms with E-state index in [4.69, 9.17) is 4.74 Å². The van der Waals surface area contributed by atoms with E-state index in [-0.39, 0.29) is 11.4 Å². The normalized spacial score (nSPS) is 10.4. The number of hydrogen-bond donors (Lipinski definition) is 2. The average molecular weight is 347 g/mol. The summed E-state index contributed by atoms with van der Waals surface area (Å²) in [5, 5.41) is 20.6. The highest BCUT2D eigenvalue weighted by Gasteiger charge is 2.33. The summed E-state index contributed by atoms with van der Waals surface area (Å²) in [5.74, 6) is -1.80. The summed E-state index contributed by atoms with van der Waals surface area (Å²) in [6, 6.07) is 6.54. The molecule has 0 aliphatic rings. The van der Waals surface area contributed by atoms with Crippen molar-refractivity contribution < 1.29 is 24.5 Å². The second-order valence-electron chi connectivity index (χ2n) is 5.83. The second-order valence-corrected chi connectivity index (χ2v) is 5.83. The predicted octanol–water partition coefficient (Wildman–Crippen LogP) is 1.30. The first-order valence-corrected chi connectivity index (χ1v) is 7.45. The number of nitrogens with zero attached hydrogens (tertiary/aromatic N) is 3. The molecule has 0 aliphatic heterocycles. The maximum absolute atomic E-state index is 12.5. The molecule has 2 aromatic rings. The van der Waals surface area contributed by atoms with Crippen LogP contribution in [0, 0.1) is 0 Å². The monoisotopic (exact) mass is 347 g/mol. The molecule has 2 rings (SSSR count). The molecule has 0 unspecified atom stereocenters. The van der Waals surface area contributed by atoms with Gasteiger partial charge < -0.3 is 24.7 Å². The minimum absolute atomic E-state index is 0.196. The molecule has 0 fully saturated rings. The summed E-state index contributed by atoms with van der Waals surface area (Å²) in [6.07, 6.45) is 0. The molecule has 1 aromatic carbocycles. The fourth-order valence-corrected chi connectivity index (χ4v) is 2.35. The summed E-state index contributed by atoms with van der Waals surface area (Å²) in [6.45, 7) is 0. The van der Waals surface area contributed by atoms with E-state index in [0.717, 1.165) is 0 Å². The molecule has 134 valence electrons. The summed E-state index contributed by atoms with van der Waals surface area (Å²) in [5.41, 5.74) is 0.0301. The molecule has 0 radical (unpaired) electrons. The Kier molecular flexibility index (Phi) is 4.92. The van der Waals surface area contributed by atoms with Gasteiger partial charge in [0.2, 0.25) is 0 Å². The van der Waals surface area contributed by atoms with E-state index in [1.165, 1.54) is 49.7 Å². The van der Waals surface area contributed by atoms with E-state index >= 15 is 0 Å². The summed E-state index contributed by atoms with van der Waals surface area (Å²) < 4.78 is 6.35. The molecular formula is C17H21N3O5. The van der Waals surface area contributed by atoms with Gasteiger partial charge in [0, 0.05) is 33.9 Å².